The average molecular weight is 316 g/mol. The summed E-state index contributed by atoms with van der Waals surface area (Å²) in [5.74, 6) is 1.29. The van der Waals surface area contributed by atoms with Gasteiger partial charge in [0.2, 0.25) is 0 Å². The molecule has 1 N–H and O–H groups in total. The van der Waals surface area contributed by atoms with Crippen LogP contribution in [0.2, 0.25) is 0 Å². The molecule has 1 aliphatic rings. The number of nitro benzene ring substituents is 1. The summed E-state index contributed by atoms with van der Waals surface area (Å²) >= 11 is 0. The predicted molar refractivity (Wildman–Crippen MR) is 91.8 cm³/mol. The largest absolute Gasteiger partial charge is 0.456 e. The van der Waals surface area contributed by atoms with E-state index in [9.17, 15) is 10.1 Å². The van der Waals surface area contributed by atoms with E-state index in [2.05, 4.69) is 17.1 Å². The molecule has 3 aromatic carbocycles. The van der Waals surface area contributed by atoms with Crippen molar-refractivity contribution in [2.75, 3.05) is 0 Å². The summed E-state index contributed by atoms with van der Waals surface area (Å²) in [7, 11) is 0. The lowest BCUT2D eigenvalue weighted by atomic mass is 9.98. The number of aromatic nitrogens is 1. The number of hydrogen-bond acceptors (Lipinski definition) is 3. The third kappa shape index (κ3) is 1.75. The average Bonchev–Trinajstić information content (AvgIpc) is 2.91. The fraction of sp³-hybridized carbons (Fsp3) is 0.0526. The number of nitro groups is 1. The first-order valence-electron chi connectivity index (χ1n) is 7.67. The molecule has 0 saturated carbocycles. The smallest absolute Gasteiger partial charge is 0.275 e. The van der Waals surface area contributed by atoms with Crippen molar-refractivity contribution in [2.24, 2.45) is 0 Å². The first-order chi connectivity index (χ1) is 11.7. The first kappa shape index (κ1) is 13.1. The van der Waals surface area contributed by atoms with Gasteiger partial charge in [0, 0.05) is 29.6 Å². The summed E-state index contributed by atoms with van der Waals surface area (Å²) < 4.78 is 6.11. The van der Waals surface area contributed by atoms with Crippen molar-refractivity contribution in [2.45, 2.75) is 6.42 Å². The Balaban J connectivity index is 1.82. The molecule has 0 aliphatic carbocycles. The number of non-ortho nitro benzene ring substituents is 1. The number of ether oxygens (including phenoxy) is 1. The summed E-state index contributed by atoms with van der Waals surface area (Å²) in [6.45, 7) is 0. The van der Waals surface area contributed by atoms with Gasteiger partial charge in [-0.25, -0.2) is 0 Å². The Morgan fingerprint density at radius 2 is 1.96 bits per heavy atom. The van der Waals surface area contributed by atoms with Crippen LogP contribution in [-0.2, 0) is 6.42 Å². The van der Waals surface area contributed by atoms with Gasteiger partial charge in [0.05, 0.1) is 16.5 Å². The number of H-pyrrole nitrogens is 1. The molecule has 0 bridgehead atoms. The lowest BCUT2D eigenvalue weighted by Crippen LogP contribution is -1.92. The summed E-state index contributed by atoms with van der Waals surface area (Å²) in [4.78, 5) is 13.9. The van der Waals surface area contributed by atoms with Gasteiger partial charge in [-0.15, -0.1) is 0 Å². The molecular formula is C19H12N2O3. The molecule has 4 aromatic rings. The zero-order chi connectivity index (χ0) is 16.3. The highest BCUT2D eigenvalue weighted by molar-refractivity contribution is 5.95. The van der Waals surface area contributed by atoms with Crippen LogP contribution in [0.15, 0.2) is 54.7 Å². The monoisotopic (exact) mass is 316 g/mol. The maximum Gasteiger partial charge on any atom is 0.275 e. The Morgan fingerprint density at radius 3 is 2.83 bits per heavy atom. The molecule has 5 heteroatoms. The molecule has 0 saturated heterocycles. The van der Waals surface area contributed by atoms with Crippen LogP contribution >= 0.6 is 0 Å². The van der Waals surface area contributed by atoms with Crippen LogP contribution in [0.25, 0.3) is 21.7 Å². The van der Waals surface area contributed by atoms with E-state index in [1.54, 1.807) is 6.07 Å². The molecule has 24 heavy (non-hydrogen) atoms. The Kier molecular flexibility index (Phi) is 2.51. The van der Waals surface area contributed by atoms with Crippen LogP contribution in [0.1, 0.15) is 11.1 Å². The van der Waals surface area contributed by atoms with E-state index in [4.69, 9.17) is 4.74 Å². The van der Waals surface area contributed by atoms with E-state index in [0.717, 1.165) is 45.0 Å². The van der Waals surface area contributed by atoms with Crippen molar-refractivity contribution in [1.82, 2.24) is 4.98 Å². The lowest BCUT2D eigenvalue weighted by Gasteiger charge is -2.11. The number of aromatic amines is 1. The molecule has 5 rings (SSSR count). The molecule has 0 spiro atoms. The minimum Gasteiger partial charge on any atom is -0.456 e. The Labute approximate surface area is 136 Å². The zero-order valence-electron chi connectivity index (χ0n) is 12.6. The third-order valence-electron chi connectivity index (χ3n) is 4.61. The standard InChI is InChI=1S/C19H12N2O3/c22-21(23)13-8-16-19-12(10-20-16)7-15-14-4-2-1-3-11(14)5-6-17(15)24-18(19)9-13/h1-6,8-10,20H,7H2. The van der Waals surface area contributed by atoms with Crippen molar-refractivity contribution in [1.29, 1.82) is 0 Å². The van der Waals surface area contributed by atoms with Crippen molar-refractivity contribution in [3.05, 3.63) is 76.0 Å². The summed E-state index contributed by atoms with van der Waals surface area (Å²) in [6, 6.07) is 15.2. The number of hydrogen-bond donors (Lipinski definition) is 1. The summed E-state index contributed by atoms with van der Waals surface area (Å²) in [5, 5.41) is 14.4. The van der Waals surface area contributed by atoms with E-state index in [-0.39, 0.29) is 5.69 Å². The SMILES string of the molecule is O=[N+]([O-])c1cc2c3c(c[nH]c3c1)Cc1c(ccc3ccccc13)O2. The highest BCUT2D eigenvalue weighted by atomic mass is 16.6. The quantitative estimate of drug-likeness (QED) is 0.352. The van der Waals surface area contributed by atoms with Crippen LogP contribution in [0.3, 0.4) is 0 Å². The maximum atomic E-state index is 11.2. The van der Waals surface area contributed by atoms with Gasteiger partial charge < -0.3 is 9.72 Å². The molecule has 0 unspecified atom stereocenters. The second kappa shape index (κ2) is 4.58. The first-order valence-corrected chi connectivity index (χ1v) is 7.67. The van der Waals surface area contributed by atoms with E-state index >= 15 is 0 Å². The molecule has 1 aliphatic heterocycles. The highest BCUT2D eigenvalue weighted by Gasteiger charge is 2.23. The van der Waals surface area contributed by atoms with Crippen molar-refractivity contribution >= 4 is 27.4 Å². The van der Waals surface area contributed by atoms with Gasteiger partial charge in [-0.1, -0.05) is 30.3 Å². The maximum absolute atomic E-state index is 11.2. The molecule has 0 amide bonds. The van der Waals surface area contributed by atoms with E-state index in [1.807, 2.05) is 30.5 Å². The van der Waals surface area contributed by atoms with Gasteiger partial charge in [0.1, 0.15) is 11.5 Å². The number of nitrogens with zero attached hydrogens (tertiary/aromatic N) is 1. The minimum atomic E-state index is -0.397. The van der Waals surface area contributed by atoms with Crippen LogP contribution in [0.4, 0.5) is 5.69 Å². The molecule has 0 fully saturated rings. The number of fused-ring (bicyclic) bond motifs is 3. The van der Waals surface area contributed by atoms with E-state index < -0.39 is 4.92 Å². The third-order valence-corrected chi connectivity index (χ3v) is 4.61. The van der Waals surface area contributed by atoms with Crippen LogP contribution in [0.5, 0.6) is 11.5 Å². The van der Waals surface area contributed by atoms with Gasteiger partial charge in [0.15, 0.2) is 0 Å². The van der Waals surface area contributed by atoms with Gasteiger partial charge in [-0.3, -0.25) is 10.1 Å². The summed E-state index contributed by atoms with van der Waals surface area (Å²) in [5.41, 5.74) is 2.94. The Bertz CT molecular complexity index is 1140. The van der Waals surface area contributed by atoms with Crippen molar-refractivity contribution in [3.63, 3.8) is 0 Å². The van der Waals surface area contributed by atoms with Gasteiger partial charge in [0.25, 0.3) is 5.69 Å². The summed E-state index contributed by atoms with van der Waals surface area (Å²) in [6.07, 6.45) is 2.64. The number of nitrogens with one attached hydrogen (secondary N) is 1. The number of rotatable bonds is 1. The normalized spacial score (nSPS) is 12.7. The molecule has 116 valence electrons. The van der Waals surface area contributed by atoms with Gasteiger partial charge >= 0.3 is 0 Å². The second-order valence-electron chi connectivity index (χ2n) is 5.98. The van der Waals surface area contributed by atoms with Gasteiger partial charge in [-0.05, 0) is 22.4 Å². The Hall–Kier alpha value is -3.34. The van der Waals surface area contributed by atoms with Crippen LogP contribution < -0.4 is 4.74 Å². The van der Waals surface area contributed by atoms with Crippen LogP contribution in [0, 0.1) is 10.1 Å². The topological polar surface area (TPSA) is 68.2 Å². The Morgan fingerprint density at radius 1 is 1.08 bits per heavy atom. The van der Waals surface area contributed by atoms with Crippen molar-refractivity contribution in [3.8, 4) is 11.5 Å². The highest BCUT2D eigenvalue weighted by Crippen LogP contribution is 2.43. The molecule has 2 heterocycles. The minimum absolute atomic E-state index is 0.0233. The predicted octanol–water partition coefficient (Wildman–Crippen LogP) is 4.93. The fourth-order valence-corrected chi connectivity index (χ4v) is 3.51. The fourth-order valence-electron chi connectivity index (χ4n) is 3.51. The molecular weight excluding hydrogens is 304 g/mol. The second-order valence-corrected chi connectivity index (χ2v) is 5.98. The van der Waals surface area contributed by atoms with E-state index in [1.165, 1.54) is 6.07 Å². The molecule has 0 atom stereocenters. The number of benzene rings is 3. The molecule has 1 aromatic heterocycles. The van der Waals surface area contributed by atoms with Gasteiger partial charge in [-0.2, -0.15) is 0 Å². The zero-order valence-corrected chi connectivity index (χ0v) is 12.6. The van der Waals surface area contributed by atoms with E-state index in [0.29, 0.717) is 5.75 Å². The molecule has 5 nitrogen and oxygen atoms in total. The van der Waals surface area contributed by atoms with Crippen molar-refractivity contribution < 1.29 is 9.66 Å². The lowest BCUT2D eigenvalue weighted by molar-refractivity contribution is -0.384. The molecule has 0 radical (unpaired) electrons. The van der Waals surface area contributed by atoms with Crippen LogP contribution in [-0.4, -0.2) is 9.91 Å².